The number of rotatable bonds is 8. The third-order valence-electron chi connectivity index (χ3n) is 5.86. The molecular weight excluding hydrogens is 490 g/mol. The van der Waals surface area contributed by atoms with Crippen LogP contribution in [0.2, 0.25) is 0 Å². The van der Waals surface area contributed by atoms with Crippen LogP contribution >= 0.6 is 24.2 Å². The van der Waals surface area contributed by atoms with E-state index in [0.29, 0.717) is 11.3 Å². The third kappa shape index (κ3) is 5.96. The maximum absolute atomic E-state index is 13.8. The summed E-state index contributed by atoms with van der Waals surface area (Å²) in [5.41, 5.74) is 4.06. The minimum absolute atomic E-state index is 0.280. The molecule has 0 unspecified atom stereocenters. The van der Waals surface area contributed by atoms with Gasteiger partial charge in [0.05, 0.1) is 6.04 Å². The number of anilines is 1. The Bertz CT molecular complexity index is 1290. The van der Waals surface area contributed by atoms with E-state index in [9.17, 15) is 9.59 Å². The summed E-state index contributed by atoms with van der Waals surface area (Å²) in [7, 11) is 0. The molecule has 3 atom stereocenters. The van der Waals surface area contributed by atoms with E-state index in [1.165, 1.54) is 4.90 Å². The number of carbonyl (C=O) groups is 2. The van der Waals surface area contributed by atoms with Gasteiger partial charge in [-0.1, -0.05) is 78.9 Å². The van der Waals surface area contributed by atoms with Crippen molar-refractivity contribution in [3.63, 3.8) is 0 Å². The molecule has 0 aliphatic rings. The number of pyridine rings is 1. The molecule has 2 amide bonds. The van der Waals surface area contributed by atoms with Gasteiger partial charge in [0.2, 0.25) is 5.91 Å². The number of benzene rings is 3. The van der Waals surface area contributed by atoms with Crippen molar-refractivity contribution >= 4 is 41.7 Å². The molecule has 0 saturated carbocycles. The van der Waals surface area contributed by atoms with Crippen LogP contribution in [0.15, 0.2) is 109 Å². The lowest BCUT2D eigenvalue weighted by Crippen LogP contribution is -2.46. The molecule has 7 heteroatoms. The van der Waals surface area contributed by atoms with Gasteiger partial charge in [-0.05, 0) is 41.8 Å². The van der Waals surface area contributed by atoms with Crippen LogP contribution in [0.1, 0.15) is 30.1 Å². The van der Waals surface area contributed by atoms with Crippen LogP contribution in [0.4, 0.5) is 5.69 Å². The van der Waals surface area contributed by atoms with Gasteiger partial charge in [0.15, 0.2) is 4.71 Å². The zero-order valence-electron chi connectivity index (χ0n) is 19.7. The highest BCUT2D eigenvalue weighted by molar-refractivity contribution is 7.83. The Labute approximate surface area is 221 Å². The molecule has 0 radical (unpaired) electrons. The molecule has 0 bridgehead atoms. The smallest absolute Gasteiger partial charge is 0.256 e. The van der Waals surface area contributed by atoms with E-state index in [1.54, 1.807) is 24.5 Å². The van der Waals surface area contributed by atoms with Crippen LogP contribution in [-0.2, 0) is 9.59 Å². The second-order valence-electron chi connectivity index (χ2n) is 8.29. The van der Waals surface area contributed by atoms with E-state index in [1.807, 2.05) is 91.9 Å². The SMILES string of the molecule is C[C@H](NC(=O)[C@@H](c1cccnc1)N(C(=O)[C@H](S)Cl)c1ccc(-c2ccccc2)cc1)c1ccccc1. The van der Waals surface area contributed by atoms with E-state index >= 15 is 0 Å². The molecule has 1 heterocycles. The van der Waals surface area contributed by atoms with Crippen molar-refractivity contribution in [1.82, 2.24) is 10.3 Å². The lowest BCUT2D eigenvalue weighted by Gasteiger charge is -2.33. The number of alkyl halides is 1. The van der Waals surface area contributed by atoms with Crippen molar-refractivity contribution in [3.05, 3.63) is 121 Å². The van der Waals surface area contributed by atoms with Crippen molar-refractivity contribution in [3.8, 4) is 11.1 Å². The summed E-state index contributed by atoms with van der Waals surface area (Å²) < 4.78 is -1.14. The van der Waals surface area contributed by atoms with Crippen molar-refractivity contribution < 1.29 is 9.59 Å². The molecule has 0 spiro atoms. The number of nitrogens with zero attached hydrogens (tertiary/aromatic N) is 2. The zero-order chi connectivity index (χ0) is 25.5. The quantitative estimate of drug-likeness (QED) is 0.217. The number of nitrogens with one attached hydrogen (secondary N) is 1. The fraction of sp³-hybridized carbons (Fsp3) is 0.138. The summed E-state index contributed by atoms with van der Waals surface area (Å²) in [6.07, 6.45) is 3.20. The number of halogens is 1. The normalized spacial score (nSPS) is 13.3. The van der Waals surface area contributed by atoms with Crippen LogP contribution < -0.4 is 10.2 Å². The average Bonchev–Trinajstić information content (AvgIpc) is 2.92. The molecule has 36 heavy (non-hydrogen) atoms. The highest BCUT2D eigenvalue weighted by Crippen LogP contribution is 2.32. The number of amides is 2. The van der Waals surface area contributed by atoms with E-state index in [-0.39, 0.29) is 11.9 Å². The summed E-state index contributed by atoms with van der Waals surface area (Å²) in [5, 5.41) is 3.05. The Balaban J connectivity index is 1.74. The largest absolute Gasteiger partial charge is 0.347 e. The maximum Gasteiger partial charge on any atom is 0.256 e. The molecule has 1 aromatic heterocycles. The Hall–Kier alpha value is -3.61. The second kappa shape index (κ2) is 11.9. The van der Waals surface area contributed by atoms with Crippen molar-refractivity contribution in [1.29, 1.82) is 0 Å². The fourth-order valence-electron chi connectivity index (χ4n) is 4.04. The molecule has 0 fully saturated rings. The van der Waals surface area contributed by atoms with Gasteiger partial charge < -0.3 is 5.32 Å². The Morgan fingerprint density at radius 1 is 0.833 bits per heavy atom. The first-order valence-electron chi connectivity index (χ1n) is 11.5. The molecule has 0 saturated heterocycles. The highest BCUT2D eigenvalue weighted by atomic mass is 35.5. The first-order valence-corrected chi connectivity index (χ1v) is 12.5. The van der Waals surface area contributed by atoms with Crippen molar-refractivity contribution in [2.45, 2.75) is 23.7 Å². The van der Waals surface area contributed by atoms with E-state index in [2.05, 4.69) is 22.9 Å². The van der Waals surface area contributed by atoms with Gasteiger partial charge in [-0.2, -0.15) is 12.6 Å². The van der Waals surface area contributed by atoms with Gasteiger partial charge in [-0.3, -0.25) is 19.5 Å². The average molecular weight is 516 g/mol. The van der Waals surface area contributed by atoms with Gasteiger partial charge >= 0.3 is 0 Å². The summed E-state index contributed by atoms with van der Waals surface area (Å²) in [6.45, 7) is 1.90. The summed E-state index contributed by atoms with van der Waals surface area (Å²) in [5.74, 6) is -0.866. The number of hydrogen-bond acceptors (Lipinski definition) is 4. The van der Waals surface area contributed by atoms with Crippen LogP contribution in [0.3, 0.4) is 0 Å². The Morgan fingerprint density at radius 2 is 1.42 bits per heavy atom. The molecule has 0 aliphatic carbocycles. The minimum atomic E-state index is -1.14. The molecule has 182 valence electrons. The lowest BCUT2D eigenvalue weighted by molar-refractivity contribution is -0.126. The highest BCUT2D eigenvalue weighted by Gasteiger charge is 2.35. The first kappa shape index (κ1) is 25.5. The molecule has 5 nitrogen and oxygen atoms in total. The van der Waals surface area contributed by atoms with Crippen molar-refractivity contribution in [2.75, 3.05) is 4.90 Å². The van der Waals surface area contributed by atoms with E-state index in [0.717, 1.165) is 16.7 Å². The Morgan fingerprint density at radius 3 is 2.00 bits per heavy atom. The fourth-order valence-corrected chi connectivity index (χ4v) is 4.27. The lowest BCUT2D eigenvalue weighted by atomic mass is 10.0. The molecule has 1 N–H and O–H groups in total. The van der Waals surface area contributed by atoms with Crippen LogP contribution in [-0.4, -0.2) is 21.5 Å². The monoisotopic (exact) mass is 515 g/mol. The summed E-state index contributed by atoms with van der Waals surface area (Å²) in [6, 6.07) is 29.2. The Kier molecular flexibility index (Phi) is 8.41. The van der Waals surface area contributed by atoms with E-state index in [4.69, 9.17) is 11.6 Å². The molecule has 4 aromatic rings. The van der Waals surface area contributed by atoms with Crippen LogP contribution in [0.25, 0.3) is 11.1 Å². The van der Waals surface area contributed by atoms with Crippen LogP contribution in [0.5, 0.6) is 0 Å². The van der Waals surface area contributed by atoms with Crippen molar-refractivity contribution in [2.24, 2.45) is 0 Å². The predicted molar refractivity (Wildman–Crippen MR) is 148 cm³/mol. The standard InChI is InChI=1S/C29H26ClN3O2S/c1-20(21-9-4-2-5-10-21)32-28(34)26(24-13-8-18-31-19-24)33(29(35)27(30)36)25-16-14-23(15-17-25)22-11-6-3-7-12-22/h2-20,26-27,36H,1H3,(H,32,34)/t20-,26+,27-/m0/s1. The maximum atomic E-state index is 13.8. The second-order valence-corrected chi connectivity index (χ2v) is 9.54. The topological polar surface area (TPSA) is 62.3 Å². The van der Waals surface area contributed by atoms with Gasteiger partial charge in [0, 0.05) is 23.6 Å². The first-order chi connectivity index (χ1) is 17.5. The van der Waals surface area contributed by atoms with Gasteiger partial charge in [-0.15, -0.1) is 11.6 Å². The number of carbonyl (C=O) groups excluding carboxylic acids is 2. The van der Waals surface area contributed by atoms with Gasteiger partial charge in [0.1, 0.15) is 6.04 Å². The number of hydrogen-bond donors (Lipinski definition) is 2. The molecule has 0 aliphatic heterocycles. The van der Waals surface area contributed by atoms with E-state index < -0.39 is 16.7 Å². The number of thiol groups is 1. The van der Waals surface area contributed by atoms with Gasteiger partial charge in [-0.25, -0.2) is 0 Å². The minimum Gasteiger partial charge on any atom is -0.347 e. The summed E-state index contributed by atoms with van der Waals surface area (Å²) >= 11 is 10.4. The number of aromatic nitrogens is 1. The molecular formula is C29H26ClN3O2S. The van der Waals surface area contributed by atoms with Crippen LogP contribution in [0, 0.1) is 0 Å². The van der Waals surface area contributed by atoms with Gasteiger partial charge in [0.25, 0.3) is 5.91 Å². The molecule has 3 aromatic carbocycles. The summed E-state index contributed by atoms with van der Waals surface area (Å²) in [4.78, 5) is 32.7. The molecule has 4 rings (SSSR count). The third-order valence-corrected chi connectivity index (χ3v) is 6.27. The zero-order valence-corrected chi connectivity index (χ0v) is 21.3. The predicted octanol–water partition coefficient (Wildman–Crippen LogP) is 6.20.